The maximum Gasteiger partial charge on any atom is 0.410 e. The van der Waals surface area contributed by atoms with Gasteiger partial charge in [-0.2, -0.15) is 0 Å². The Morgan fingerprint density at radius 2 is 2.09 bits per heavy atom. The zero-order valence-corrected chi connectivity index (χ0v) is 21.1. The molecular weight excluding hydrogens is 418 g/mol. The van der Waals surface area contributed by atoms with Crippen LogP contribution >= 0.6 is 0 Å². The number of likely N-dealkylation sites (N-methyl/N-ethyl adjacent to an activating group) is 1. The van der Waals surface area contributed by atoms with E-state index in [-0.39, 0.29) is 6.09 Å². The Labute approximate surface area is 197 Å². The van der Waals surface area contributed by atoms with Crippen LogP contribution < -0.4 is 10.1 Å². The van der Waals surface area contributed by atoms with Gasteiger partial charge < -0.3 is 24.6 Å². The first-order chi connectivity index (χ1) is 15.6. The number of aliphatic imine (C=N–C) groups is 1. The number of nitrogens with one attached hydrogen (secondary N) is 1. The molecule has 8 heteroatoms. The molecule has 1 aromatic heterocycles. The Morgan fingerprint density at radius 1 is 1.36 bits per heavy atom. The Morgan fingerprint density at radius 3 is 2.73 bits per heavy atom. The van der Waals surface area contributed by atoms with E-state index in [2.05, 4.69) is 35.2 Å². The number of aromatic nitrogens is 1. The highest BCUT2D eigenvalue weighted by Crippen LogP contribution is 2.30. The molecule has 0 saturated carbocycles. The third-order valence-corrected chi connectivity index (χ3v) is 4.94. The Bertz CT molecular complexity index is 957. The lowest BCUT2D eigenvalue weighted by Crippen LogP contribution is -2.37. The molecule has 0 spiro atoms. The first-order valence-corrected chi connectivity index (χ1v) is 11.1. The van der Waals surface area contributed by atoms with Gasteiger partial charge in [-0.15, -0.1) is 0 Å². The summed E-state index contributed by atoms with van der Waals surface area (Å²) in [6.07, 6.45) is 8.29. The molecule has 1 aliphatic heterocycles. The van der Waals surface area contributed by atoms with E-state index >= 15 is 0 Å². The highest BCUT2D eigenvalue weighted by Gasteiger charge is 2.21. The number of hydrogen-bond acceptors (Lipinski definition) is 6. The summed E-state index contributed by atoms with van der Waals surface area (Å²) in [5.41, 5.74) is 2.56. The lowest BCUT2D eigenvalue weighted by atomic mass is 10.0. The first kappa shape index (κ1) is 26.0. The van der Waals surface area contributed by atoms with Gasteiger partial charge in [0, 0.05) is 44.2 Å². The van der Waals surface area contributed by atoms with Gasteiger partial charge in [0.1, 0.15) is 17.3 Å². The maximum absolute atomic E-state index is 12.2. The van der Waals surface area contributed by atoms with Crippen molar-refractivity contribution < 1.29 is 14.3 Å². The fourth-order valence-corrected chi connectivity index (χ4v) is 2.99. The number of carbonyl (C=O) groups is 1. The molecule has 1 aliphatic rings. The van der Waals surface area contributed by atoms with Gasteiger partial charge in [-0.05, 0) is 52.3 Å². The number of allylic oxidation sites excluding steroid dienone is 3. The van der Waals surface area contributed by atoms with Crippen molar-refractivity contribution >= 4 is 17.5 Å². The highest BCUT2D eigenvalue weighted by molar-refractivity contribution is 5.97. The van der Waals surface area contributed by atoms with Crippen LogP contribution in [0.15, 0.2) is 53.1 Å². The molecule has 0 atom stereocenters. The van der Waals surface area contributed by atoms with Gasteiger partial charge in [0.25, 0.3) is 0 Å². The number of methoxy groups -OCH3 is 1. The Balaban J connectivity index is 2.30. The standard InChI is InChI=1S/C25H37N5O3/c1-9-18(2)17-20(19-11-10-13-27-23(19)32-8)22-28-21(12-15-29(22)6)26-14-16-30(7)24(31)33-25(3,4)5/h10-13,15,17H,9,14,16H2,1-8H3,(H,26,28)/b18-17?,22-20+. The SMILES string of the molecule is CCC(C)=C/C(=C1/NC(=NCCN(C)C(=O)OC(C)(C)C)C=CN1C)c1cccnc1OC. The molecule has 33 heavy (non-hydrogen) atoms. The quantitative estimate of drug-likeness (QED) is 0.655. The third-order valence-electron chi connectivity index (χ3n) is 4.94. The average molecular weight is 456 g/mol. The Hall–Kier alpha value is -3.29. The van der Waals surface area contributed by atoms with Crippen LogP contribution in [-0.4, -0.2) is 66.6 Å². The second-order valence-electron chi connectivity index (χ2n) is 8.89. The minimum absolute atomic E-state index is 0.360. The van der Waals surface area contributed by atoms with Crippen LogP contribution in [-0.2, 0) is 4.74 Å². The highest BCUT2D eigenvalue weighted by atomic mass is 16.6. The summed E-state index contributed by atoms with van der Waals surface area (Å²) in [6, 6.07) is 3.89. The predicted octanol–water partition coefficient (Wildman–Crippen LogP) is 4.43. The summed E-state index contributed by atoms with van der Waals surface area (Å²) in [7, 11) is 5.31. The van der Waals surface area contributed by atoms with Gasteiger partial charge in [-0.25, -0.2) is 9.78 Å². The van der Waals surface area contributed by atoms with E-state index in [1.54, 1.807) is 20.4 Å². The lowest BCUT2D eigenvalue weighted by molar-refractivity contribution is 0.0304. The summed E-state index contributed by atoms with van der Waals surface area (Å²) in [4.78, 5) is 24.7. The second kappa shape index (κ2) is 11.5. The smallest absolute Gasteiger partial charge is 0.410 e. The first-order valence-electron chi connectivity index (χ1n) is 11.1. The summed E-state index contributed by atoms with van der Waals surface area (Å²) < 4.78 is 10.9. The van der Waals surface area contributed by atoms with Crippen molar-refractivity contribution in [2.75, 3.05) is 34.3 Å². The van der Waals surface area contributed by atoms with Gasteiger partial charge in [0.2, 0.25) is 5.88 Å². The molecule has 2 rings (SSSR count). The number of amidine groups is 1. The number of amides is 1. The van der Waals surface area contributed by atoms with E-state index in [0.717, 1.165) is 23.4 Å². The zero-order chi connectivity index (χ0) is 24.6. The molecule has 0 fully saturated rings. The summed E-state index contributed by atoms with van der Waals surface area (Å²) >= 11 is 0. The lowest BCUT2D eigenvalue weighted by Gasteiger charge is -2.28. The topological polar surface area (TPSA) is 79.3 Å². The van der Waals surface area contributed by atoms with Crippen LogP contribution in [0.3, 0.4) is 0 Å². The van der Waals surface area contributed by atoms with E-state index in [4.69, 9.17) is 9.47 Å². The van der Waals surface area contributed by atoms with Crippen molar-refractivity contribution in [3.05, 3.63) is 53.6 Å². The van der Waals surface area contributed by atoms with E-state index in [9.17, 15) is 4.79 Å². The molecule has 1 N–H and O–H groups in total. The second-order valence-corrected chi connectivity index (χ2v) is 8.89. The van der Waals surface area contributed by atoms with Gasteiger partial charge in [0.05, 0.1) is 13.7 Å². The number of nitrogens with zero attached hydrogens (tertiary/aromatic N) is 4. The number of rotatable bonds is 7. The van der Waals surface area contributed by atoms with Crippen LogP contribution in [0.25, 0.3) is 5.57 Å². The van der Waals surface area contributed by atoms with Crippen molar-refractivity contribution in [3.8, 4) is 5.88 Å². The maximum atomic E-state index is 12.2. The van der Waals surface area contributed by atoms with E-state index < -0.39 is 5.60 Å². The predicted molar refractivity (Wildman–Crippen MR) is 133 cm³/mol. The molecule has 2 heterocycles. The zero-order valence-electron chi connectivity index (χ0n) is 21.1. The van der Waals surface area contributed by atoms with Crippen molar-refractivity contribution in [1.82, 2.24) is 20.1 Å². The van der Waals surface area contributed by atoms with E-state index in [1.807, 2.05) is 57.1 Å². The normalized spacial score (nSPS) is 17.0. The van der Waals surface area contributed by atoms with Crippen LogP contribution in [0.5, 0.6) is 5.88 Å². The fourth-order valence-electron chi connectivity index (χ4n) is 2.99. The van der Waals surface area contributed by atoms with Crippen molar-refractivity contribution in [2.24, 2.45) is 4.99 Å². The van der Waals surface area contributed by atoms with Crippen LogP contribution in [0.1, 0.15) is 46.6 Å². The molecule has 0 aliphatic carbocycles. The van der Waals surface area contributed by atoms with Gasteiger partial charge in [0.15, 0.2) is 0 Å². The van der Waals surface area contributed by atoms with Crippen molar-refractivity contribution in [2.45, 2.75) is 46.6 Å². The van der Waals surface area contributed by atoms with Crippen molar-refractivity contribution in [3.63, 3.8) is 0 Å². The largest absolute Gasteiger partial charge is 0.481 e. The van der Waals surface area contributed by atoms with Crippen molar-refractivity contribution in [1.29, 1.82) is 0 Å². The summed E-state index contributed by atoms with van der Waals surface area (Å²) in [5, 5.41) is 3.43. The van der Waals surface area contributed by atoms with Gasteiger partial charge in [-0.3, -0.25) is 4.99 Å². The van der Waals surface area contributed by atoms with Crippen LogP contribution in [0.2, 0.25) is 0 Å². The molecule has 180 valence electrons. The minimum atomic E-state index is -0.525. The number of ether oxygens (including phenoxy) is 2. The van der Waals surface area contributed by atoms with Crippen LogP contribution in [0, 0.1) is 0 Å². The summed E-state index contributed by atoms with van der Waals surface area (Å²) in [6.45, 7) is 10.7. The third kappa shape index (κ3) is 7.66. The number of hydrogen-bond donors (Lipinski definition) is 1. The van der Waals surface area contributed by atoms with E-state index in [0.29, 0.717) is 24.8 Å². The van der Waals surface area contributed by atoms with Gasteiger partial charge >= 0.3 is 6.09 Å². The molecule has 8 nitrogen and oxygen atoms in total. The van der Waals surface area contributed by atoms with Gasteiger partial charge in [-0.1, -0.05) is 18.6 Å². The molecule has 0 saturated heterocycles. The van der Waals surface area contributed by atoms with Crippen LogP contribution in [0.4, 0.5) is 4.79 Å². The number of carbonyl (C=O) groups excluding carboxylic acids is 1. The van der Waals surface area contributed by atoms with E-state index in [1.165, 1.54) is 10.5 Å². The minimum Gasteiger partial charge on any atom is -0.481 e. The Kier molecular flexibility index (Phi) is 9.08. The molecule has 1 amide bonds. The molecule has 0 radical (unpaired) electrons. The molecule has 0 bridgehead atoms. The molecule has 0 aromatic carbocycles. The molecule has 0 unspecified atom stereocenters. The summed E-state index contributed by atoms with van der Waals surface area (Å²) in [5.74, 6) is 2.14. The fraction of sp³-hybridized carbons (Fsp3) is 0.480. The average Bonchev–Trinajstić information content (AvgIpc) is 2.77. The monoisotopic (exact) mass is 455 g/mol. The number of pyridine rings is 1. The molecular formula is C25H37N5O3. The molecule has 1 aromatic rings.